The Hall–Kier alpha value is -3.59. The lowest BCUT2D eigenvalue weighted by Crippen LogP contribution is -2.14. The molecular formula is C25H27N5O3S. The van der Waals surface area contributed by atoms with Crippen molar-refractivity contribution in [2.24, 2.45) is 0 Å². The molecule has 0 fully saturated rings. The fourth-order valence-electron chi connectivity index (χ4n) is 3.36. The van der Waals surface area contributed by atoms with E-state index in [1.54, 1.807) is 13.2 Å². The maximum atomic E-state index is 12.5. The summed E-state index contributed by atoms with van der Waals surface area (Å²) in [5, 5.41) is 16.2. The van der Waals surface area contributed by atoms with Gasteiger partial charge >= 0.3 is 0 Å². The lowest BCUT2D eigenvalue weighted by Gasteiger charge is -2.11. The summed E-state index contributed by atoms with van der Waals surface area (Å²) in [7, 11) is 1.64. The number of benzene rings is 2. The second kappa shape index (κ2) is 11.0. The summed E-state index contributed by atoms with van der Waals surface area (Å²) in [5.41, 5.74) is 2.95. The molecule has 1 amide bonds. The van der Waals surface area contributed by atoms with Gasteiger partial charge in [0, 0.05) is 18.2 Å². The van der Waals surface area contributed by atoms with Crippen LogP contribution in [0.3, 0.4) is 0 Å². The summed E-state index contributed by atoms with van der Waals surface area (Å²) in [6.45, 7) is 4.71. The van der Waals surface area contributed by atoms with Gasteiger partial charge in [0.25, 0.3) is 0 Å². The quantitative estimate of drug-likeness (QED) is 0.320. The van der Waals surface area contributed by atoms with Gasteiger partial charge in [0.2, 0.25) is 11.8 Å². The Labute approximate surface area is 202 Å². The monoisotopic (exact) mass is 477 g/mol. The van der Waals surface area contributed by atoms with Crippen molar-refractivity contribution in [1.82, 2.24) is 19.9 Å². The first-order valence-corrected chi connectivity index (χ1v) is 12.0. The molecule has 8 nitrogen and oxygen atoms in total. The minimum absolute atomic E-state index is 0.170. The van der Waals surface area contributed by atoms with E-state index in [-0.39, 0.29) is 17.6 Å². The Balaban J connectivity index is 1.49. The molecular weight excluding hydrogens is 450 g/mol. The maximum absolute atomic E-state index is 12.5. The van der Waals surface area contributed by atoms with Crippen LogP contribution in [0.5, 0.6) is 5.75 Å². The summed E-state index contributed by atoms with van der Waals surface area (Å²) in [6.07, 6.45) is 0.817. The SMILES string of the molecule is COc1ccc(-c2nnc(SCC(=O)Nc3cc(C(C)C)no3)n2CCc2ccccc2)cc1. The van der Waals surface area contributed by atoms with E-state index in [4.69, 9.17) is 9.26 Å². The van der Waals surface area contributed by atoms with Gasteiger partial charge < -0.3 is 13.8 Å². The van der Waals surface area contributed by atoms with E-state index in [9.17, 15) is 4.79 Å². The molecule has 2 heterocycles. The first-order valence-electron chi connectivity index (χ1n) is 11.0. The van der Waals surface area contributed by atoms with Crippen molar-refractivity contribution in [3.63, 3.8) is 0 Å². The van der Waals surface area contributed by atoms with E-state index in [1.165, 1.54) is 17.3 Å². The van der Waals surface area contributed by atoms with Crippen LogP contribution < -0.4 is 10.1 Å². The standard InChI is InChI=1S/C25H27N5O3S/c1-17(2)21-15-23(33-29-21)26-22(31)16-34-25-28-27-24(19-9-11-20(32-3)12-10-19)30(25)14-13-18-7-5-4-6-8-18/h4-12,15,17H,13-14,16H2,1-3H3,(H,26,31). The number of anilines is 1. The number of nitrogens with one attached hydrogen (secondary N) is 1. The number of carbonyl (C=O) groups is 1. The Morgan fingerprint density at radius 1 is 1.12 bits per heavy atom. The van der Waals surface area contributed by atoms with Crippen LogP contribution in [0, 0.1) is 0 Å². The molecule has 4 rings (SSSR count). The summed E-state index contributed by atoms with van der Waals surface area (Å²) in [5.74, 6) is 2.07. The maximum Gasteiger partial charge on any atom is 0.237 e. The van der Waals surface area contributed by atoms with Crippen molar-refractivity contribution in [2.75, 3.05) is 18.2 Å². The van der Waals surface area contributed by atoms with Crippen LogP contribution in [-0.4, -0.2) is 38.7 Å². The summed E-state index contributed by atoms with van der Waals surface area (Å²) in [6, 6.07) is 19.7. The van der Waals surface area contributed by atoms with Crippen LogP contribution in [0.1, 0.15) is 31.0 Å². The number of thioether (sulfide) groups is 1. The lowest BCUT2D eigenvalue weighted by molar-refractivity contribution is -0.113. The van der Waals surface area contributed by atoms with E-state index in [0.717, 1.165) is 29.3 Å². The Morgan fingerprint density at radius 2 is 1.88 bits per heavy atom. The Morgan fingerprint density at radius 3 is 2.56 bits per heavy atom. The molecule has 34 heavy (non-hydrogen) atoms. The van der Waals surface area contributed by atoms with Gasteiger partial charge in [0.05, 0.1) is 18.6 Å². The van der Waals surface area contributed by atoms with Gasteiger partial charge in [-0.15, -0.1) is 10.2 Å². The molecule has 0 spiro atoms. The molecule has 0 aliphatic carbocycles. The van der Waals surface area contributed by atoms with Gasteiger partial charge in [-0.05, 0) is 42.2 Å². The predicted octanol–water partition coefficient (Wildman–Crippen LogP) is 5.04. The molecule has 0 saturated carbocycles. The number of nitrogens with zero attached hydrogens (tertiary/aromatic N) is 4. The number of aromatic nitrogens is 4. The number of aryl methyl sites for hydroxylation is 1. The molecule has 9 heteroatoms. The topological polar surface area (TPSA) is 95.1 Å². The van der Waals surface area contributed by atoms with Gasteiger partial charge in [0.15, 0.2) is 11.0 Å². The number of ether oxygens (including phenoxy) is 1. The Bertz CT molecular complexity index is 1220. The predicted molar refractivity (Wildman–Crippen MR) is 132 cm³/mol. The summed E-state index contributed by atoms with van der Waals surface area (Å²) >= 11 is 1.34. The van der Waals surface area contributed by atoms with Crippen molar-refractivity contribution < 1.29 is 14.1 Å². The van der Waals surface area contributed by atoms with E-state index < -0.39 is 0 Å². The number of methoxy groups -OCH3 is 1. The van der Waals surface area contributed by atoms with Crippen LogP contribution in [0.2, 0.25) is 0 Å². The zero-order valence-corrected chi connectivity index (χ0v) is 20.2. The highest BCUT2D eigenvalue weighted by atomic mass is 32.2. The second-order valence-electron chi connectivity index (χ2n) is 8.03. The first-order chi connectivity index (χ1) is 16.5. The smallest absolute Gasteiger partial charge is 0.237 e. The number of carbonyl (C=O) groups excluding carboxylic acids is 1. The average molecular weight is 478 g/mol. The number of amides is 1. The van der Waals surface area contributed by atoms with Gasteiger partial charge in [0.1, 0.15) is 5.75 Å². The second-order valence-corrected chi connectivity index (χ2v) is 8.97. The average Bonchev–Trinajstić information content (AvgIpc) is 3.49. The molecule has 0 aliphatic rings. The van der Waals surface area contributed by atoms with E-state index >= 15 is 0 Å². The molecule has 1 N–H and O–H groups in total. The molecule has 0 aliphatic heterocycles. The molecule has 0 unspecified atom stereocenters. The third kappa shape index (κ3) is 5.85. The molecule has 0 atom stereocenters. The molecule has 4 aromatic rings. The summed E-state index contributed by atoms with van der Waals surface area (Å²) < 4.78 is 12.5. The van der Waals surface area contributed by atoms with Crippen LogP contribution >= 0.6 is 11.8 Å². The highest BCUT2D eigenvalue weighted by Crippen LogP contribution is 2.26. The Kier molecular flexibility index (Phi) is 7.64. The minimum Gasteiger partial charge on any atom is -0.497 e. The molecule has 0 bridgehead atoms. The highest BCUT2D eigenvalue weighted by molar-refractivity contribution is 7.99. The van der Waals surface area contributed by atoms with Gasteiger partial charge in [-0.25, -0.2) is 0 Å². The van der Waals surface area contributed by atoms with Crippen molar-refractivity contribution in [3.8, 4) is 17.1 Å². The zero-order valence-electron chi connectivity index (χ0n) is 19.4. The molecule has 0 radical (unpaired) electrons. The molecule has 176 valence electrons. The van der Waals surface area contributed by atoms with Gasteiger partial charge in [-0.2, -0.15) is 0 Å². The van der Waals surface area contributed by atoms with E-state index in [1.807, 2.05) is 56.3 Å². The molecule has 2 aromatic carbocycles. The highest BCUT2D eigenvalue weighted by Gasteiger charge is 2.17. The van der Waals surface area contributed by atoms with Gasteiger partial charge in [-0.3, -0.25) is 10.1 Å². The number of hydrogen-bond donors (Lipinski definition) is 1. The largest absolute Gasteiger partial charge is 0.497 e. The molecule has 0 saturated heterocycles. The van der Waals surface area contributed by atoms with E-state index in [0.29, 0.717) is 17.6 Å². The first kappa shape index (κ1) is 23.6. The lowest BCUT2D eigenvalue weighted by atomic mass is 10.1. The van der Waals surface area contributed by atoms with Crippen molar-refractivity contribution in [3.05, 3.63) is 71.9 Å². The van der Waals surface area contributed by atoms with Crippen molar-refractivity contribution in [1.29, 1.82) is 0 Å². The fraction of sp³-hybridized carbons (Fsp3) is 0.280. The van der Waals surface area contributed by atoms with Crippen LogP contribution in [-0.2, 0) is 17.8 Å². The summed E-state index contributed by atoms with van der Waals surface area (Å²) in [4.78, 5) is 12.5. The minimum atomic E-state index is -0.194. The normalized spacial score (nSPS) is 11.1. The molecule has 2 aromatic heterocycles. The van der Waals surface area contributed by atoms with Crippen LogP contribution in [0.4, 0.5) is 5.88 Å². The van der Waals surface area contributed by atoms with Crippen LogP contribution in [0.25, 0.3) is 11.4 Å². The third-order valence-corrected chi connectivity index (χ3v) is 6.21. The van der Waals surface area contributed by atoms with E-state index in [2.05, 4.69) is 37.4 Å². The zero-order chi connectivity index (χ0) is 23.9. The van der Waals surface area contributed by atoms with Crippen LogP contribution in [0.15, 0.2) is 70.3 Å². The van der Waals surface area contributed by atoms with Gasteiger partial charge in [-0.1, -0.05) is 61.1 Å². The number of rotatable bonds is 10. The van der Waals surface area contributed by atoms with Crippen molar-refractivity contribution >= 4 is 23.6 Å². The fourth-order valence-corrected chi connectivity index (χ4v) is 4.12. The third-order valence-electron chi connectivity index (χ3n) is 5.25. The van der Waals surface area contributed by atoms with Crippen molar-refractivity contribution in [2.45, 2.75) is 37.9 Å². The number of hydrogen-bond acceptors (Lipinski definition) is 7.